The number of halogens is 1. The van der Waals surface area contributed by atoms with Gasteiger partial charge in [-0.15, -0.1) is 0 Å². The molecule has 0 saturated carbocycles. The van der Waals surface area contributed by atoms with Gasteiger partial charge < -0.3 is 20.2 Å². The minimum Gasteiger partial charge on any atom is -0.493 e. The summed E-state index contributed by atoms with van der Waals surface area (Å²) >= 11 is 5.94. The van der Waals surface area contributed by atoms with Crippen LogP contribution >= 0.6 is 11.6 Å². The van der Waals surface area contributed by atoms with Gasteiger partial charge in [0.1, 0.15) is 6.04 Å². The highest BCUT2D eigenvalue weighted by Crippen LogP contribution is 2.33. The number of H-pyrrole nitrogens is 1. The number of aromatic nitrogens is 2. The number of rotatable bonds is 6. The molecule has 1 heterocycles. The van der Waals surface area contributed by atoms with Gasteiger partial charge in [0.25, 0.3) is 0 Å². The number of nitrogens with two attached hydrogens (primary N) is 1. The van der Waals surface area contributed by atoms with Crippen molar-refractivity contribution in [1.29, 1.82) is 0 Å². The van der Waals surface area contributed by atoms with Gasteiger partial charge in [-0.25, -0.2) is 9.59 Å². The lowest BCUT2D eigenvalue weighted by molar-refractivity contribution is -0.136. The average Bonchev–Trinajstić information content (AvgIpc) is 2.73. The van der Waals surface area contributed by atoms with Gasteiger partial charge in [0.05, 0.1) is 18.5 Å². The van der Waals surface area contributed by atoms with E-state index in [2.05, 4.69) is 9.97 Å². The van der Waals surface area contributed by atoms with Crippen molar-refractivity contribution in [3.8, 4) is 34.0 Å². The van der Waals surface area contributed by atoms with Crippen molar-refractivity contribution < 1.29 is 14.3 Å². The molecule has 3 N–H and O–H groups in total. The fourth-order valence-corrected chi connectivity index (χ4v) is 2.88. The largest absolute Gasteiger partial charge is 0.493 e. The van der Waals surface area contributed by atoms with Crippen LogP contribution in [0.25, 0.3) is 22.5 Å². The van der Waals surface area contributed by atoms with Crippen molar-refractivity contribution in [2.45, 2.75) is 19.9 Å². The Morgan fingerprint density at radius 3 is 2.37 bits per heavy atom. The van der Waals surface area contributed by atoms with Crippen LogP contribution in [0.5, 0.6) is 11.5 Å². The van der Waals surface area contributed by atoms with Gasteiger partial charge >= 0.3 is 11.7 Å². The van der Waals surface area contributed by atoms with E-state index in [1.165, 1.54) is 7.11 Å². The molecule has 0 spiro atoms. The first-order chi connectivity index (χ1) is 14.3. The SMILES string of the molecule is COc1cc(-c2cc(-c3ccc(Cl)cc3)[nH]c(=O)n2)ccc1OC(=O)[C@H](N)C(C)C. The summed E-state index contributed by atoms with van der Waals surface area (Å²) < 4.78 is 10.7. The zero-order valence-corrected chi connectivity index (χ0v) is 17.6. The molecule has 2 aromatic carbocycles. The molecule has 30 heavy (non-hydrogen) atoms. The first-order valence-electron chi connectivity index (χ1n) is 9.31. The first kappa shape index (κ1) is 21.5. The van der Waals surface area contributed by atoms with Gasteiger partial charge in [0, 0.05) is 10.6 Å². The lowest BCUT2D eigenvalue weighted by Crippen LogP contribution is -2.38. The Morgan fingerprint density at radius 2 is 1.73 bits per heavy atom. The highest BCUT2D eigenvalue weighted by molar-refractivity contribution is 6.30. The number of benzene rings is 2. The molecular formula is C22H22ClN3O4. The predicted molar refractivity (Wildman–Crippen MR) is 116 cm³/mol. The topological polar surface area (TPSA) is 107 Å². The molecule has 0 fully saturated rings. The van der Waals surface area contributed by atoms with Crippen LogP contribution in [-0.2, 0) is 4.79 Å². The van der Waals surface area contributed by atoms with Gasteiger partial charge in [-0.2, -0.15) is 4.98 Å². The average molecular weight is 428 g/mol. The van der Waals surface area contributed by atoms with E-state index < -0.39 is 17.7 Å². The highest BCUT2D eigenvalue weighted by atomic mass is 35.5. The van der Waals surface area contributed by atoms with Gasteiger partial charge in [0.15, 0.2) is 11.5 Å². The molecule has 0 radical (unpaired) electrons. The van der Waals surface area contributed by atoms with E-state index in [4.69, 9.17) is 26.8 Å². The number of hydrogen-bond acceptors (Lipinski definition) is 6. The van der Waals surface area contributed by atoms with Crippen molar-refractivity contribution in [3.63, 3.8) is 0 Å². The summed E-state index contributed by atoms with van der Waals surface area (Å²) in [6.07, 6.45) is 0. The number of carbonyl (C=O) groups excluding carboxylic acids is 1. The van der Waals surface area contributed by atoms with Crippen LogP contribution < -0.4 is 20.9 Å². The minimum atomic E-state index is -0.745. The second kappa shape index (κ2) is 9.11. The van der Waals surface area contributed by atoms with Gasteiger partial charge in [-0.3, -0.25) is 0 Å². The van der Waals surface area contributed by atoms with E-state index in [9.17, 15) is 9.59 Å². The fourth-order valence-electron chi connectivity index (χ4n) is 2.75. The fraction of sp³-hybridized carbons (Fsp3) is 0.227. The lowest BCUT2D eigenvalue weighted by atomic mass is 10.1. The molecular weight excluding hydrogens is 406 g/mol. The minimum absolute atomic E-state index is 0.0608. The summed E-state index contributed by atoms with van der Waals surface area (Å²) in [6, 6.07) is 13.0. The van der Waals surface area contributed by atoms with Crippen LogP contribution in [0, 0.1) is 5.92 Å². The number of carbonyl (C=O) groups is 1. The van der Waals surface area contributed by atoms with E-state index >= 15 is 0 Å². The van der Waals surface area contributed by atoms with E-state index in [0.717, 1.165) is 5.56 Å². The van der Waals surface area contributed by atoms with Crippen molar-refractivity contribution in [2.24, 2.45) is 11.7 Å². The second-order valence-corrected chi connectivity index (χ2v) is 7.49. The van der Waals surface area contributed by atoms with Crippen molar-refractivity contribution in [3.05, 3.63) is 64.0 Å². The molecule has 0 aliphatic rings. The monoisotopic (exact) mass is 427 g/mol. The van der Waals surface area contributed by atoms with Crippen molar-refractivity contribution in [1.82, 2.24) is 9.97 Å². The molecule has 3 rings (SSSR count). The summed E-state index contributed by atoms with van der Waals surface area (Å²) in [5, 5.41) is 0.599. The number of nitrogens with one attached hydrogen (secondary N) is 1. The van der Waals surface area contributed by atoms with E-state index in [0.29, 0.717) is 27.7 Å². The van der Waals surface area contributed by atoms with Gasteiger partial charge in [-0.1, -0.05) is 37.6 Å². The van der Waals surface area contributed by atoms with Gasteiger partial charge in [-0.05, 0) is 47.9 Å². The Balaban J connectivity index is 1.95. The Hall–Kier alpha value is -3.16. The van der Waals surface area contributed by atoms with Crippen LogP contribution in [0.15, 0.2) is 53.3 Å². The normalized spacial score (nSPS) is 11.9. The predicted octanol–water partition coefficient (Wildman–Crippen LogP) is 3.65. The molecule has 0 saturated heterocycles. The maximum atomic E-state index is 12.2. The van der Waals surface area contributed by atoms with E-state index in [1.54, 1.807) is 48.5 Å². The maximum absolute atomic E-state index is 12.2. The molecule has 0 bridgehead atoms. The Bertz CT molecular complexity index is 1110. The third-order valence-electron chi connectivity index (χ3n) is 4.56. The zero-order valence-electron chi connectivity index (χ0n) is 16.8. The van der Waals surface area contributed by atoms with Crippen molar-refractivity contribution >= 4 is 17.6 Å². The molecule has 1 atom stereocenters. The molecule has 3 aromatic rings. The second-order valence-electron chi connectivity index (χ2n) is 7.05. The maximum Gasteiger partial charge on any atom is 0.345 e. The highest BCUT2D eigenvalue weighted by Gasteiger charge is 2.21. The van der Waals surface area contributed by atoms with Crippen LogP contribution in [0.3, 0.4) is 0 Å². The number of aromatic amines is 1. The third-order valence-corrected chi connectivity index (χ3v) is 4.81. The van der Waals surface area contributed by atoms with E-state index in [-0.39, 0.29) is 11.7 Å². The first-order valence-corrected chi connectivity index (χ1v) is 9.69. The van der Waals surface area contributed by atoms with Crippen molar-refractivity contribution in [2.75, 3.05) is 7.11 Å². The standard InChI is InChI=1S/C22H22ClN3O4/c1-12(2)20(24)21(27)30-18-9-6-14(10-19(18)29-3)17-11-16(25-22(28)26-17)13-4-7-15(23)8-5-13/h4-12,20H,24H2,1-3H3,(H,25,26,28)/t20-/m1/s1. The molecule has 0 aliphatic heterocycles. The smallest absolute Gasteiger partial charge is 0.345 e. The quantitative estimate of drug-likeness (QED) is 0.459. The molecule has 156 valence electrons. The molecule has 0 aliphatic carbocycles. The molecule has 7 nitrogen and oxygen atoms in total. The Morgan fingerprint density at radius 1 is 1.07 bits per heavy atom. The lowest BCUT2D eigenvalue weighted by Gasteiger charge is -2.16. The zero-order chi connectivity index (χ0) is 21.8. The number of ether oxygens (including phenoxy) is 2. The van der Waals surface area contributed by atoms with Crippen LogP contribution in [0.1, 0.15) is 13.8 Å². The summed E-state index contributed by atoms with van der Waals surface area (Å²) in [6.45, 7) is 3.67. The number of esters is 1. The van der Waals surface area contributed by atoms with Crippen LogP contribution in [-0.4, -0.2) is 29.1 Å². The molecule has 1 aromatic heterocycles. The summed E-state index contributed by atoms with van der Waals surface area (Å²) in [4.78, 5) is 31.1. The van der Waals surface area contributed by atoms with E-state index in [1.807, 2.05) is 13.8 Å². The number of methoxy groups -OCH3 is 1. The van der Waals surface area contributed by atoms with Crippen LogP contribution in [0.4, 0.5) is 0 Å². The molecule has 0 unspecified atom stereocenters. The Labute approximate surface area is 178 Å². The third kappa shape index (κ3) is 4.87. The number of hydrogen-bond donors (Lipinski definition) is 2. The molecule has 8 heteroatoms. The van der Waals surface area contributed by atoms with Gasteiger partial charge in [0.2, 0.25) is 0 Å². The molecule has 0 amide bonds. The summed E-state index contributed by atoms with van der Waals surface area (Å²) in [5.41, 5.74) is 7.81. The Kier molecular flexibility index (Phi) is 6.54. The summed E-state index contributed by atoms with van der Waals surface area (Å²) in [7, 11) is 1.46. The van der Waals surface area contributed by atoms with Crippen LogP contribution in [0.2, 0.25) is 5.02 Å². The number of nitrogens with zero attached hydrogens (tertiary/aromatic N) is 1. The summed E-state index contributed by atoms with van der Waals surface area (Å²) in [5.74, 6) is -0.0401.